The van der Waals surface area contributed by atoms with Gasteiger partial charge in [-0.05, 0) is 41.3 Å². The molecule has 0 aliphatic heterocycles. The number of anilines is 1. The lowest BCUT2D eigenvalue weighted by molar-refractivity contribution is -0.136. The Morgan fingerprint density at radius 1 is 0.971 bits per heavy atom. The smallest absolute Gasteiger partial charge is 0.411 e. The van der Waals surface area contributed by atoms with Gasteiger partial charge in [0.1, 0.15) is 11.4 Å². The fourth-order valence-electron chi connectivity index (χ4n) is 3.62. The van der Waals surface area contributed by atoms with Gasteiger partial charge in [0.2, 0.25) is 0 Å². The maximum atomic E-state index is 12.4. The standard InChI is InChI=1S/C27H23BrN2O5/c1-17-25(29-27(33)34-14-13-18-3-2-4-23(28)15-18)26(30-35-17)22-11-9-21(10-12-22)20-7-5-19(6-8-20)16-24(31)32/h2-12,15H,13-14,16H2,1H3,(H,29,33)(H,31,32). The van der Waals surface area contributed by atoms with Crippen LogP contribution in [0.3, 0.4) is 0 Å². The van der Waals surface area contributed by atoms with Crippen LogP contribution in [0, 0.1) is 6.92 Å². The van der Waals surface area contributed by atoms with Crippen molar-refractivity contribution in [2.75, 3.05) is 11.9 Å². The second-order valence-electron chi connectivity index (χ2n) is 7.95. The number of halogens is 1. The summed E-state index contributed by atoms with van der Waals surface area (Å²) in [7, 11) is 0. The van der Waals surface area contributed by atoms with Gasteiger partial charge in [-0.25, -0.2) is 4.79 Å². The first-order chi connectivity index (χ1) is 16.9. The third kappa shape index (κ3) is 6.36. The van der Waals surface area contributed by atoms with Gasteiger partial charge in [0.15, 0.2) is 5.76 Å². The second-order valence-corrected chi connectivity index (χ2v) is 8.86. The maximum absolute atomic E-state index is 12.4. The number of aryl methyl sites for hydroxylation is 1. The van der Waals surface area contributed by atoms with Gasteiger partial charge >= 0.3 is 12.1 Å². The Morgan fingerprint density at radius 3 is 2.29 bits per heavy atom. The zero-order valence-electron chi connectivity index (χ0n) is 19.0. The molecule has 0 radical (unpaired) electrons. The number of aliphatic carboxylic acids is 1. The summed E-state index contributed by atoms with van der Waals surface area (Å²) >= 11 is 3.43. The molecule has 1 aromatic heterocycles. The van der Waals surface area contributed by atoms with Crippen LogP contribution in [-0.4, -0.2) is 28.9 Å². The molecule has 0 aliphatic rings. The van der Waals surface area contributed by atoms with Crippen molar-refractivity contribution in [3.8, 4) is 22.4 Å². The highest BCUT2D eigenvalue weighted by Crippen LogP contribution is 2.32. The van der Waals surface area contributed by atoms with Crippen molar-refractivity contribution in [3.63, 3.8) is 0 Å². The number of rotatable bonds is 8. The lowest BCUT2D eigenvalue weighted by atomic mass is 10.0. The summed E-state index contributed by atoms with van der Waals surface area (Å²) in [4.78, 5) is 23.3. The van der Waals surface area contributed by atoms with E-state index in [9.17, 15) is 9.59 Å². The number of benzene rings is 3. The third-order valence-corrected chi connectivity index (χ3v) is 5.90. The van der Waals surface area contributed by atoms with E-state index in [-0.39, 0.29) is 13.0 Å². The molecule has 0 bridgehead atoms. The number of amides is 1. The van der Waals surface area contributed by atoms with Crippen LogP contribution in [0.25, 0.3) is 22.4 Å². The number of hydrogen-bond donors (Lipinski definition) is 2. The van der Waals surface area contributed by atoms with E-state index in [1.165, 1.54) is 0 Å². The van der Waals surface area contributed by atoms with Crippen molar-refractivity contribution in [3.05, 3.63) is 94.2 Å². The predicted octanol–water partition coefficient (Wildman–Crippen LogP) is 6.50. The number of carboxylic acids is 1. The highest BCUT2D eigenvalue weighted by atomic mass is 79.9. The van der Waals surface area contributed by atoms with Crippen LogP contribution in [0.15, 0.2) is 81.8 Å². The monoisotopic (exact) mass is 534 g/mol. The zero-order valence-corrected chi connectivity index (χ0v) is 20.5. The van der Waals surface area contributed by atoms with E-state index in [0.29, 0.717) is 23.6 Å². The SMILES string of the molecule is Cc1onc(-c2ccc(-c3ccc(CC(=O)O)cc3)cc2)c1NC(=O)OCCc1cccc(Br)c1. The molecule has 0 spiro atoms. The van der Waals surface area contributed by atoms with Crippen molar-refractivity contribution in [1.29, 1.82) is 0 Å². The summed E-state index contributed by atoms with van der Waals surface area (Å²) in [5.41, 5.74) is 5.49. The topological polar surface area (TPSA) is 102 Å². The number of aromatic nitrogens is 1. The summed E-state index contributed by atoms with van der Waals surface area (Å²) in [5.74, 6) is -0.384. The third-order valence-electron chi connectivity index (χ3n) is 5.40. The molecule has 0 atom stereocenters. The molecular weight excluding hydrogens is 512 g/mol. The number of carboxylic acid groups (broad SMARTS) is 1. The van der Waals surface area contributed by atoms with Gasteiger partial charge in [-0.3, -0.25) is 10.1 Å². The molecule has 4 aromatic rings. The number of hydrogen-bond acceptors (Lipinski definition) is 5. The summed E-state index contributed by atoms with van der Waals surface area (Å²) in [6, 6.07) is 22.9. The van der Waals surface area contributed by atoms with E-state index >= 15 is 0 Å². The molecule has 0 saturated carbocycles. The Labute approximate surface area is 210 Å². The molecule has 3 aromatic carbocycles. The summed E-state index contributed by atoms with van der Waals surface area (Å²) in [5, 5.41) is 15.8. The van der Waals surface area contributed by atoms with Gasteiger partial charge in [-0.15, -0.1) is 0 Å². The van der Waals surface area contributed by atoms with E-state index in [1.807, 2.05) is 72.8 Å². The fourth-order valence-corrected chi connectivity index (χ4v) is 4.07. The largest absolute Gasteiger partial charge is 0.481 e. The Hall–Kier alpha value is -3.91. The van der Waals surface area contributed by atoms with Crippen LogP contribution in [0.2, 0.25) is 0 Å². The second kappa shape index (κ2) is 11.0. The summed E-state index contributed by atoms with van der Waals surface area (Å²) < 4.78 is 11.6. The molecule has 7 nitrogen and oxygen atoms in total. The highest BCUT2D eigenvalue weighted by molar-refractivity contribution is 9.10. The normalized spacial score (nSPS) is 10.7. The van der Waals surface area contributed by atoms with E-state index in [2.05, 4.69) is 26.4 Å². The molecule has 0 saturated heterocycles. The first-order valence-corrected chi connectivity index (χ1v) is 11.7. The van der Waals surface area contributed by atoms with Crippen molar-refractivity contribution >= 4 is 33.7 Å². The van der Waals surface area contributed by atoms with Crippen LogP contribution in [-0.2, 0) is 22.4 Å². The average molecular weight is 535 g/mol. The number of carbonyl (C=O) groups excluding carboxylic acids is 1. The van der Waals surface area contributed by atoms with Crippen LogP contribution in [0.1, 0.15) is 16.9 Å². The van der Waals surface area contributed by atoms with Crippen molar-refractivity contribution in [2.45, 2.75) is 19.8 Å². The van der Waals surface area contributed by atoms with Gasteiger partial charge < -0.3 is 14.4 Å². The van der Waals surface area contributed by atoms with Gasteiger partial charge in [-0.2, -0.15) is 0 Å². The summed E-state index contributed by atoms with van der Waals surface area (Å²) in [6.45, 7) is 1.96. The maximum Gasteiger partial charge on any atom is 0.411 e. The quantitative estimate of drug-likeness (QED) is 0.267. The number of ether oxygens (including phenoxy) is 1. The van der Waals surface area contributed by atoms with Gasteiger partial charge in [0.25, 0.3) is 0 Å². The highest BCUT2D eigenvalue weighted by Gasteiger charge is 2.18. The number of carbonyl (C=O) groups is 2. The van der Waals surface area contributed by atoms with E-state index < -0.39 is 12.1 Å². The predicted molar refractivity (Wildman–Crippen MR) is 136 cm³/mol. The molecule has 35 heavy (non-hydrogen) atoms. The van der Waals surface area contributed by atoms with E-state index in [0.717, 1.165) is 32.3 Å². The Bertz CT molecular complexity index is 1330. The molecular formula is C27H23BrN2O5. The van der Waals surface area contributed by atoms with Gasteiger partial charge in [0, 0.05) is 16.5 Å². The molecule has 8 heteroatoms. The van der Waals surface area contributed by atoms with E-state index in [1.54, 1.807) is 6.92 Å². The lowest BCUT2D eigenvalue weighted by Crippen LogP contribution is -2.16. The molecule has 1 heterocycles. The molecule has 2 N–H and O–H groups in total. The lowest BCUT2D eigenvalue weighted by Gasteiger charge is -2.08. The molecule has 4 rings (SSSR count). The Balaban J connectivity index is 1.41. The fraction of sp³-hybridized carbons (Fsp3) is 0.148. The van der Waals surface area contributed by atoms with Crippen LogP contribution in [0.4, 0.5) is 10.5 Å². The van der Waals surface area contributed by atoms with Gasteiger partial charge in [-0.1, -0.05) is 81.8 Å². The minimum atomic E-state index is -0.859. The van der Waals surface area contributed by atoms with E-state index in [4.69, 9.17) is 14.4 Å². The number of nitrogens with one attached hydrogen (secondary N) is 1. The molecule has 1 amide bonds. The van der Waals surface area contributed by atoms with Crippen LogP contribution >= 0.6 is 15.9 Å². The number of nitrogens with zero attached hydrogens (tertiary/aromatic N) is 1. The van der Waals surface area contributed by atoms with Crippen LogP contribution < -0.4 is 5.32 Å². The molecule has 0 aliphatic carbocycles. The zero-order chi connectivity index (χ0) is 24.8. The van der Waals surface area contributed by atoms with Gasteiger partial charge in [0.05, 0.1) is 13.0 Å². The Morgan fingerprint density at radius 2 is 1.63 bits per heavy atom. The first-order valence-electron chi connectivity index (χ1n) is 10.9. The first kappa shape index (κ1) is 24.2. The Kier molecular flexibility index (Phi) is 7.62. The molecule has 178 valence electrons. The minimum absolute atomic E-state index is 0.00697. The van der Waals surface area contributed by atoms with Crippen molar-refractivity contribution in [1.82, 2.24) is 5.16 Å². The molecule has 0 fully saturated rings. The summed E-state index contributed by atoms with van der Waals surface area (Å²) in [6.07, 6.45) is 0.0132. The minimum Gasteiger partial charge on any atom is -0.481 e. The van der Waals surface area contributed by atoms with Crippen molar-refractivity contribution in [2.24, 2.45) is 0 Å². The molecule has 0 unspecified atom stereocenters. The van der Waals surface area contributed by atoms with Crippen molar-refractivity contribution < 1.29 is 24.0 Å². The average Bonchev–Trinajstić information content (AvgIpc) is 3.19. The van der Waals surface area contributed by atoms with Crippen LogP contribution in [0.5, 0.6) is 0 Å².